The molecule has 406 valence electrons. The van der Waals surface area contributed by atoms with Crippen LogP contribution in [-0.4, -0.2) is 70.0 Å². The Morgan fingerprint density at radius 3 is 1.17 bits per heavy atom. The molecule has 10 heteroatoms. The maximum Gasteiger partial charge on any atom is 0.306 e. The summed E-state index contributed by atoms with van der Waals surface area (Å²) in [6.45, 7) is 3.89. The molecule has 0 aromatic heterocycles. The number of phosphoric ester groups is 1. The fourth-order valence-electron chi connectivity index (χ4n) is 6.68. The van der Waals surface area contributed by atoms with Crippen molar-refractivity contribution >= 4 is 19.8 Å². The van der Waals surface area contributed by atoms with Crippen LogP contribution >= 0.6 is 7.82 Å². The van der Waals surface area contributed by atoms with Gasteiger partial charge >= 0.3 is 11.9 Å². The number of likely N-dealkylation sites (N-methyl/N-ethyl adjacent to an activating group) is 1. The highest BCUT2D eigenvalue weighted by Crippen LogP contribution is 2.38. The van der Waals surface area contributed by atoms with E-state index in [1.165, 1.54) is 38.5 Å². The van der Waals surface area contributed by atoms with E-state index in [1.54, 1.807) is 0 Å². The molecule has 0 aromatic rings. The van der Waals surface area contributed by atoms with Crippen LogP contribution in [0.1, 0.15) is 181 Å². The molecule has 0 saturated heterocycles. The number of nitrogens with zero attached hydrogens (tertiary/aromatic N) is 1. The molecule has 0 N–H and O–H groups in total. The summed E-state index contributed by atoms with van der Waals surface area (Å²) in [6.07, 6.45) is 76.2. The normalized spacial score (nSPS) is 14.5. The van der Waals surface area contributed by atoms with Crippen molar-refractivity contribution in [1.82, 2.24) is 0 Å². The number of carbonyl (C=O) groups is 2. The lowest BCUT2D eigenvalue weighted by molar-refractivity contribution is -0.870. The molecule has 2 unspecified atom stereocenters. The molecule has 0 aliphatic heterocycles. The van der Waals surface area contributed by atoms with Gasteiger partial charge in [-0.15, -0.1) is 0 Å². The van der Waals surface area contributed by atoms with Crippen LogP contribution < -0.4 is 4.89 Å². The summed E-state index contributed by atoms with van der Waals surface area (Å²) in [4.78, 5) is 37.8. The van der Waals surface area contributed by atoms with E-state index in [2.05, 4.69) is 148 Å². The number of carbonyl (C=O) groups excluding carboxylic acids is 2. The fourth-order valence-corrected chi connectivity index (χ4v) is 7.41. The van der Waals surface area contributed by atoms with Gasteiger partial charge in [0.15, 0.2) is 6.10 Å². The van der Waals surface area contributed by atoms with Gasteiger partial charge in [0.25, 0.3) is 7.82 Å². The molecule has 0 rings (SSSR count). The highest BCUT2D eigenvalue weighted by atomic mass is 31.2. The van der Waals surface area contributed by atoms with Gasteiger partial charge in [-0.1, -0.05) is 211 Å². The topological polar surface area (TPSA) is 111 Å². The Morgan fingerprint density at radius 2 is 0.778 bits per heavy atom. The molecule has 0 saturated carbocycles. The van der Waals surface area contributed by atoms with Crippen molar-refractivity contribution in [2.45, 2.75) is 187 Å². The van der Waals surface area contributed by atoms with Crippen molar-refractivity contribution in [3.05, 3.63) is 146 Å². The molecule has 0 aromatic carbocycles. The number of rotatable bonds is 48. The Labute approximate surface area is 440 Å². The van der Waals surface area contributed by atoms with Crippen LogP contribution in [0, 0.1) is 0 Å². The maximum atomic E-state index is 12.8. The first-order valence-electron chi connectivity index (χ1n) is 27.5. The van der Waals surface area contributed by atoms with E-state index >= 15 is 0 Å². The van der Waals surface area contributed by atoms with Gasteiger partial charge < -0.3 is 27.9 Å². The minimum Gasteiger partial charge on any atom is -0.756 e. The zero-order valence-corrected chi connectivity index (χ0v) is 46.7. The Balaban J connectivity index is 4.32. The van der Waals surface area contributed by atoms with E-state index in [-0.39, 0.29) is 26.1 Å². The Bertz CT molecular complexity index is 1720. The molecule has 9 nitrogen and oxygen atoms in total. The summed E-state index contributed by atoms with van der Waals surface area (Å²) in [5.41, 5.74) is 0. The number of allylic oxidation sites excluding steroid dienone is 24. The third-order valence-corrected chi connectivity index (χ3v) is 11.8. The van der Waals surface area contributed by atoms with Gasteiger partial charge in [0.2, 0.25) is 0 Å². The van der Waals surface area contributed by atoms with E-state index < -0.39 is 32.5 Å². The molecular formula is C62H100NO8P. The molecule has 72 heavy (non-hydrogen) atoms. The van der Waals surface area contributed by atoms with E-state index in [0.29, 0.717) is 23.9 Å². The summed E-state index contributed by atoms with van der Waals surface area (Å²) >= 11 is 0. The first-order valence-corrected chi connectivity index (χ1v) is 29.0. The molecule has 0 amide bonds. The second-order valence-electron chi connectivity index (χ2n) is 18.8. The first-order chi connectivity index (χ1) is 35.0. The van der Waals surface area contributed by atoms with Crippen molar-refractivity contribution in [2.24, 2.45) is 0 Å². The SMILES string of the molecule is CC/C=C\C/C=C\C/C=C\C/C=C\C/C=C\C/C=C\CCCCCCCCCCCCC(=O)OC(COC(=O)CC/C=C\C/C=C\C/C=C\C/C=C\C/C=C\C/C=C\CC)COP(=O)([O-])OCC[N+](C)(C)C. The van der Waals surface area contributed by atoms with Crippen molar-refractivity contribution in [3.8, 4) is 0 Å². The Morgan fingerprint density at radius 1 is 0.431 bits per heavy atom. The third-order valence-electron chi connectivity index (χ3n) is 10.9. The largest absolute Gasteiger partial charge is 0.756 e. The summed E-state index contributed by atoms with van der Waals surface area (Å²) in [5.74, 6) is -0.950. The summed E-state index contributed by atoms with van der Waals surface area (Å²) < 4.78 is 34.0. The zero-order valence-electron chi connectivity index (χ0n) is 45.8. The lowest BCUT2D eigenvalue weighted by atomic mass is 10.0. The second-order valence-corrected chi connectivity index (χ2v) is 20.2. The van der Waals surface area contributed by atoms with E-state index in [1.807, 2.05) is 33.3 Å². The van der Waals surface area contributed by atoms with Gasteiger partial charge in [0, 0.05) is 12.8 Å². The molecule has 0 aliphatic carbocycles. The molecule has 0 aliphatic rings. The van der Waals surface area contributed by atoms with Crippen LogP contribution in [0.15, 0.2) is 146 Å². The quantitative estimate of drug-likeness (QED) is 0.0195. The van der Waals surface area contributed by atoms with Gasteiger partial charge in [-0.2, -0.15) is 0 Å². The number of phosphoric acid groups is 1. The summed E-state index contributed by atoms with van der Waals surface area (Å²) in [5, 5.41) is 0. The third kappa shape index (κ3) is 55.2. The summed E-state index contributed by atoms with van der Waals surface area (Å²) in [7, 11) is 1.10. The predicted octanol–water partition coefficient (Wildman–Crippen LogP) is 16.5. The minimum atomic E-state index is -4.66. The summed E-state index contributed by atoms with van der Waals surface area (Å²) in [6, 6.07) is 0. The van der Waals surface area contributed by atoms with Gasteiger partial charge in [-0.25, -0.2) is 0 Å². The van der Waals surface area contributed by atoms with Crippen LogP contribution in [0.2, 0.25) is 0 Å². The lowest BCUT2D eigenvalue weighted by Gasteiger charge is -2.28. The molecule has 0 spiro atoms. The number of quaternary nitrogens is 1. The fraction of sp³-hybridized carbons (Fsp3) is 0.581. The number of ether oxygens (including phenoxy) is 2. The van der Waals surface area contributed by atoms with Crippen LogP contribution in [0.3, 0.4) is 0 Å². The molecule has 0 radical (unpaired) electrons. The smallest absolute Gasteiger partial charge is 0.306 e. The van der Waals surface area contributed by atoms with Crippen molar-refractivity contribution in [1.29, 1.82) is 0 Å². The molecular weight excluding hydrogens is 918 g/mol. The highest BCUT2D eigenvalue weighted by molar-refractivity contribution is 7.45. The lowest BCUT2D eigenvalue weighted by Crippen LogP contribution is -2.37. The van der Waals surface area contributed by atoms with Crippen molar-refractivity contribution in [3.63, 3.8) is 0 Å². The van der Waals surface area contributed by atoms with Crippen molar-refractivity contribution < 1.29 is 42.1 Å². The van der Waals surface area contributed by atoms with Gasteiger partial charge in [0.1, 0.15) is 19.8 Å². The predicted molar refractivity (Wildman–Crippen MR) is 304 cm³/mol. The second kappa shape index (κ2) is 51.8. The van der Waals surface area contributed by atoms with Crippen LogP contribution in [-0.2, 0) is 32.7 Å². The number of hydrogen-bond donors (Lipinski definition) is 0. The van der Waals surface area contributed by atoms with Crippen LogP contribution in [0.5, 0.6) is 0 Å². The van der Waals surface area contributed by atoms with E-state index in [4.69, 9.17) is 18.5 Å². The molecule has 0 fully saturated rings. The number of hydrogen-bond acceptors (Lipinski definition) is 8. The molecule has 2 atom stereocenters. The zero-order chi connectivity index (χ0) is 52.7. The Kier molecular flexibility index (Phi) is 48.8. The van der Waals surface area contributed by atoms with Gasteiger partial charge in [0.05, 0.1) is 27.7 Å². The average molecular weight is 1020 g/mol. The van der Waals surface area contributed by atoms with Crippen LogP contribution in [0.4, 0.5) is 0 Å². The van der Waals surface area contributed by atoms with Gasteiger partial charge in [-0.05, 0) is 103 Å². The maximum absolute atomic E-state index is 12.8. The molecule has 0 heterocycles. The number of esters is 2. The minimum absolute atomic E-state index is 0.0515. The average Bonchev–Trinajstić information content (AvgIpc) is 3.34. The van der Waals surface area contributed by atoms with Gasteiger partial charge in [-0.3, -0.25) is 14.2 Å². The number of unbranched alkanes of at least 4 members (excludes halogenated alkanes) is 10. The Hall–Kier alpha value is -4.11. The first kappa shape index (κ1) is 67.9. The van der Waals surface area contributed by atoms with E-state index in [9.17, 15) is 19.0 Å². The molecule has 0 bridgehead atoms. The van der Waals surface area contributed by atoms with Crippen LogP contribution in [0.25, 0.3) is 0 Å². The van der Waals surface area contributed by atoms with E-state index in [0.717, 1.165) is 103 Å². The monoisotopic (exact) mass is 1020 g/mol. The highest BCUT2D eigenvalue weighted by Gasteiger charge is 2.21. The standard InChI is InChI=1S/C62H100NO8P/c1-6-8-10-12-14-16-18-20-22-24-26-27-28-29-30-31-32-33-34-35-37-39-41-43-45-47-49-51-53-55-62(65)71-60(59-70-72(66,67)69-57-56-63(3,4)5)58-68-61(64)54-52-50-48-46-44-42-40-38-36-25-23-21-19-17-15-13-11-9-7-2/h8-11,14-17,20-23,26-27,29-30,32-33,36,38,42,44,48,50,60H,6-7,12-13,18-19,24-25,28,31,34-35,37,39-41,43,45-47,49,51-59H2,1-5H3/b10-8-,11-9-,16-14-,17-15-,22-20-,23-21-,27-26-,30-29-,33-32-,38-36-,44-42-,50-48-. The van der Waals surface area contributed by atoms with Crippen molar-refractivity contribution in [2.75, 3.05) is 47.5 Å².